The largest absolute Gasteiger partial charge is 0.380 e. The Kier molecular flexibility index (Phi) is 3.65. The number of fused-ring (bicyclic) bond motifs is 1. The third-order valence-electron chi connectivity index (χ3n) is 4.08. The molecule has 0 aromatic carbocycles. The highest BCUT2D eigenvalue weighted by molar-refractivity contribution is 5.00. The fraction of sp³-hybridized carbons (Fsp3) is 1.00. The Balaban J connectivity index is 1.82. The summed E-state index contributed by atoms with van der Waals surface area (Å²) >= 11 is 0. The third-order valence-corrected chi connectivity index (χ3v) is 4.08. The number of hydrogen-bond acceptors (Lipinski definition) is 3. The van der Waals surface area contributed by atoms with Crippen LogP contribution in [0.1, 0.15) is 26.2 Å². The number of nitrogens with two attached hydrogens (primary N) is 1. The maximum absolute atomic E-state index is 5.92. The van der Waals surface area contributed by atoms with Gasteiger partial charge in [-0.05, 0) is 13.0 Å². The fourth-order valence-electron chi connectivity index (χ4n) is 2.99. The first-order chi connectivity index (χ1) is 7.30. The van der Waals surface area contributed by atoms with Crippen LogP contribution in [-0.4, -0.2) is 44.3 Å². The molecule has 0 aromatic heterocycles. The van der Waals surface area contributed by atoms with E-state index >= 15 is 0 Å². The smallest absolute Gasteiger partial charge is 0.0551 e. The molecule has 0 spiro atoms. The molecule has 2 aliphatic rings. The highest BCUT2D eigenvalue weighted by atomic mass is 16.5. The lowest BCUT2D eigenvalue weighted by Gasteiger charge is -2.25. The minimum Gasteiger partial charge on any atom is -0.380 e. The molecule has 3 nitrogen and oxygen atoms in total. The van der Waals surface area contributed by atoms with Crippen LogP contribution in [0.2, 0.25) is 0 Å². The monoisotopic (exact) mass is 212 g/mol. The van der Waals surface area contributed by atoms with Crippen LogP contribution in [-0.2, 0) is 4.74 Å². The van der Waals surface area contributed by atoms with Gasteiger partial charge in [0.2, 0.25) is 0 Å². The van der Waals surface area contributed by atoms with Crippen molar-refractivity contribution in [1.82, 2.24) is 4.90 Å². The summed E-state index contributed by atoms with van der Waals surface area (Å²) in [5, 5.41) is 0. The molecule has 2 N–H and O–H groups in total. The highest BCUT2D eigenvalue weighted by Gasteiger charge is 2.49. The van der Waals surface area contributed by atoms with Gasteiger partial charge in [0, 0.05) is 31.0 Å². The SMILES string of the molecule is CCCCCN1C[C@@H]2COC[C@]2(CN)C1. The molecule has 0 unspecified atom stereocenters. The maximum atomic E-state index is 5.92. The zero-order chi connectivity index (χ0) is 10.7. The number of nitrogens with zero attached hydrogens (tertiary/aromatic N) is 1. The molecule has 88 valence electrons. The van der Waals surface area contributed by atoms with E-state index in [0.29, 0.717) is 11.3 Å². The Labute approximate surface area is 93.0 Å². The quantitative estimate of drug-likeness (QED) is 0.693. The van der Waals surface area contributed by atoms with E-state index < -0.39 is 0 Å². The lowest BCUT2D eigenvalue weighted by molar-refractivity contribution is 0.131. The van der Waals surface area contributed by atoms with Gasteiger partial charge in [-0.15, -0.1) is 0 Å². The summed E-state index contributed by atoms with van der Waals surface area (Å²) in [5.74, 6) is 0.698. The van der Waals surface area contributed by atoms with Gasteiger partial charge in [-0.3, -0.25) is 0 Å². The minimum absolute atomic E-state index is 0.298. The topological polar surface area (TPSA) is 38.5 Å². The van der Waals surface area contributed by atoms with Gasteiger partial charge in [0.1, 0.15) is 0 Å². The fourth-order valence-corrected chi connectivity index (χ4v) is 2.99. The van der Waals surface area contributed by atoms with Crippen molar-refractivity contribution in [1.29, 1.82) is 0 Å². The van der Waals surface area contributed by atoms with Gasteiger partial charge in [0.05, 0.1) is 13.2 Å². The lowest BCUT2D eigenvalue weighted by atomic mass is 9.81. The lowest BCUT2D eigenvalue weighted by Crippen LogP contribution is -2.38. The Morgan fingerprint density at radius 3 is 3.00 bits per heavy atom. The Hall–Kier alpha value is -0.120. The van der Waals surface area contributed by atoms with Crippen LogP contribution >= 0.6 is 0 Å². The molecule has 0 amide bonds. The summed E-state index contributed by atoms with van der Waals surface area (Å²) in [4.78, 5) is 2.59. The van der Waals surface area contributed by atoms with E-state index in [2.05, 4.69) is 11.8 Å². The van der Waals surface area contributed by atoms with Crippen molar-refractivity contribution < 1.29 is 4.74 Å². The van der Waals surface area contributed by atoms with Crippen molar-refractivity contribution in [3.63, 3.8) is 0 Å². The number of likely N-dealkylation sites (tertiary alicyclic amines) is 1. The van der Waals surface area contributed by atoms with Crippen LogP contribution < -0.4 is 5.73 Å². The average molecular weight is 212 g/mol. The van der Waals surface area contributed by atoms with Crippen molar-refractivity contribution >= 4 is 0 Å². The molecule has 2 aliphatic heterocycles. The summed E-state index contributed by atoms with van der Waals surface area (Å²) in [6.07, 6.45) is 4.00. The van der Waals surface area contributed by atoms with E-state index in [4.69, 9.17) is 10.5 Å². The Morgan fingerprint density at radius 2 is 2.33 bits per heavy atom. The summed E-state index contributed by atoms with van der Waals surface area (Å²) in [6.45, 7) is 8.50. The van der Waals surface area contributed by atoms with Gasteiger partial charge in [0.15, 0.2) is 0 Å². The third kappa shape index (κ3) is 2.19. The molecule has 3 heteroatoms. The summed E-state index contributed by atoms with van der Waals surface area (Å²) < 4.78 is 5.57. The van der Waals surface area contributed by atoms with Crippen molar-refractivity contribution in [2.75, 3.05) is 39.4 Å². The molecule has 2 atom stereocenters. The van der Waals surface area contributed by atoms with Gasteiger partial charge < -0.3 is 15.4 Å². The first-order valence-corrected chi connectivity index (χ1v) is 6.31. The number of unbranched alkanes of at least 4 members (excludes halogenated alkanes) is 2. The van der Waals surface area contributed by atoms with Crippen molar-refractivity contribution in [2.45, 2.75) is 26.2 Å². The van der Waals surface area contributed by atoms with E-state index in [1.54, 1.807) is 0 Å². The standard InChI is InChI=1S/C12H24N2O/c1-2-3-4-5-14-6-11-7-15-10-12(11,8-13)9-14/h11H,2-10,13H2,1H3/t11-,12+/m1/s1. The van der Waals surface area contributed by atoms with Gasteiger partial charge in [0.25, 0.3) is 0 Å². The molecule has 2 heterocycles. The van der Waals surface area contributed by atoms with Crippen LogP contribution in [0.4, 0.5) is 0 Å². The molecule has 0 saturated carbocycles. The summed E-state index contributed by atoms with van der Waals surface area (Å²) in [7, 11) is 0. The highest BCUT2D eigenvalue weighted by Crippen LogP contribution is 2.40. The van der Waals surface area contributed by atoms with Crippen molar-refractivity contribution in [3.8, 4) is 0 Å². The molecule has 0 aromatic rings. The van der Waals surface area contributed by atoms with Gasteiger partial charge in [-0.25, -0.2) is 0 Å². The normalized spacial score (nSPS) is 36.0. The van der Waals surface area contributed by atoms with Crippen LogP contribution in [0.5, 0.6) is 0 Å². The first-order valence-electron chi connectivity index (χ1n) is 6.31. The van der Waals surface area contributed by atoms with E-state index in [0.717, 1.165) is 26.3 Å². The molecule has 0 radical (unpaired) electrons. The second-order valence-corrected chi connectivity index (χ2v) is 5.22. The molecule has 2 fully saturated rings. The van der Waals surface area contributed by atoms with Crippen LogP contribution in [0.25, 0.3) is 0 Å². The summed E-state index contributed by atoms with van der Waals surface area (Å²) in [6, 6.07) is 0. The van der Waals surface area contributed by atoms with E-state index in [1.807, 2.05) is 0 Å². The van der Waals surface area contributed by atoms with Crippen molar-refractivity contribution in [2.24, 2.45) is 17.1 Å². The molecule has 2 saturated heterocycles. The number of rotatable bonds is 5. The molecule has 0 bridgehead atoms. The van der Waals surface area contributed by atoms with Crippen molar-refractivity contribution in [3.05, 3.63) is 0 Å². The Bertz CT molecular complexity index is 210. The van der Waals surface area contributed by atoms with Gasteiger partial charge in [-0.2, -0.15) is 0 Å². The number of hydrogen-bond donors (Lipinski definition) is 1. The molecular formula is C12H24N2O. The van der Waals surface area contributed by atoms with Gasteiger partial charge >= 0.3 is 0 Å². The predicted molar refractivity (Wildman–Crippen MR) is 61.8 cm³/mol. The maximum Gasteiger partial charge on any atom is 0.0551 e. The van der Waals surface area contributed by atoms with Crippen LogP contribution in [0.15, 0.2) is 0 Å². The molecular weight excluding hydrogens is 188 g/mol. The minimum atomic E-state index is 0.298. The zero-order valence-corrected chi connectivity index (χ0v) is 9.87. The summed E-state index contributed by atoms with van der Waals surface area (Å²) in [5.41, 5.74) is 6.22. The Morgan fingerprint density at radius 1 is 1.47 bits per heavy atom. The van der Waals surface area contributed by atoms with Crippen LogP contribution in [0, 0.1) is 11.3 Å². The number of ether oxygens (including phenoxy) is 1. The second kappa shape index (κ2) is 4.81. The first kappa shape index (κ1) is 11.4. The second-order valence-electron chi connectivity index (χ2n) is 5.22. The van der Waals surface area contributed by atoms with E-state index in [9.17, 15) is 0 Å². The van der Waals surface area contributed by atoms with E-state index in [-0.39, 0.29) is 0 Å². The average Bonchev–Trinajstić information content (AvgIpc) is 2.74. The van der Waals surface area contributed by atoms with Gasteiger partial charge in [-0.1, -0.05) is 19.8 Å². The zero-order valence-electron chi connectivity index (χ0n) is 9.87. The molecule has 0 aliphatic carbocycles. The van der Waals surface area contributed by atoms with Crippen LogP contribution in [0.3, 0.4) is 0 Å². The molecule has 2 rings (SSSR count). The molecule has 15 heavy (non-hydrogen) atoms. The van der Waals surface area contributed by atoms with E-state index in [1.165, 1.54) is 32.4 Å². The predicted octanol–water partition coefficient (Wildman–Crippen LogP) is 1.08.